The molecule has 2 aliphatic rings. The first-order valence-electron chi connectivity index (χ1n) is 5.27. The Kier molecular flexibility index (Phi) is 3.43. The third kappa shape index (κ3) is 2.28. The third-order valence-corrected chi connectivity index (χ3v) is 3.23. The van der Waals surface area contributed by atoms with E-state index in [1.54, 1.807) is 0 Å². The molecule has 0 saturated carbocycles. The minimum atomic E-state index is 1.07. The van der Waals surface area contributed by atoms with Gasteiger partial charge in [0.25, 0.3) is 0 Å². The van der Waals surface area contributed by atoms with Gasteiger partial charge in [0.1, 0.15) is 0 Å². The van der Waals surface area contributed by atoms with Crippen molar-refractivity contribution >= 4 is 0 Å². The summed E-state index contributed by atoms with van der Waals surface area (Å²) in [5, 5.41) is 0. The van der Waals surface area contributed by atoms with Gasteiger partial charge in [-0.15, -0.1) is 0 Å². The van der Waals surface area contributed by atoms with Crippen LogP contribution in [0.5, 0.6) is 0 Å². The topological polar surface area (TPSA) is 0 Å². The molecule has 0 fully saturated rings. The van der Waals surface area contributed by atoms with E-state index in [9.17, 15) is 0 Å². The molecule has 0 atom stereocenters. The van der Waals surface area contributed by atoms with Crippen molar-refractivity contribution in [1.29, 1.82) is 0 Å². The van der Waals surface area contributed by atoms with Crippen molar-refractivity contribution in [3.05, 3.63) is 46.0 Å². The molecular formula is C13H15Co. The van der Waals surface area contributed by atoms with Crippen molar-refractivity contribution < 1.29 is 15.7 Å². The van der Waals surface area contributed by atoms with E-state index in [-0.39, 0.29) is 0 Å². The molecule has 0 unspecified atom stereocenters. The normalized spacial score (nSPS) is 29.7. The molecule has 0 radical (unpaired) electrons. The number of hydrogen-bond donors (Lipinski definition) is 0. The molecule has 2 rings (SSSR count). The Morgan fingerprint density at radius 1 is 1.14 bits per heavy atom. The summed E-state index contributed by atoms with van der Waals surface area (Å²) in [6.45, 7) is 0. The summed E-state index contributed by atoms with van der Waals surface area (Å²) in [6.07, 6.45) is 17.1. The molecule has 0 bridgehead atoms. The van der Waals surface area contributed by atoms with Crippen LogP contribution >= 0.6 is 0 Å². The molecule has 0 N–H and O–H groups in total. The van der Waals surface area contributed by atoms with Crippen molar-refractivity contribution in [1.82, 2.24) is 0 Å². The zero-order valence-corrected chi connectivity index (χ0v) is 9.30. The summed E-state index contributed by atoms with van der Waals surface area (Å²) in [5.41, 5.74) is 2.78. The Morgan fingerprint density at radius 3 is 2.86 bits per heavy atom. The van der Waals surface area contributed by atoms with Gasteiger partial charge in [-0.25, -0.2) is 0 Å². The molecule has 0 nitrogen and oxygen atoms in total. The SMILES string of the molecule is [Co]/[C]1=C(C2=CC=CC2)/C=C\CCCC1. The molecule has 1 heteroatoms. The maximum absolute atomic E-state index is 4.66. The van der Waals surface area contributed by atoms with Gasteiger partial charge < -0.3 is 0 Å². The van der Waals surface area contributed by atoms with Gasteiger partial charge in [-0.1, -0.05) is 0 Å². The van der Waals surface area contributed by atoms with Gasteiger partial charge in [0.05, 0.1) is 0 Å². The number of hydrogen-bond acceptors (Lipinski definition) is 0. The minimum absolute atomic E-state index is 1.07. The molecule has 76 valence electrons. The Morgan fingerprint density at radius 2 is 2.07 bits per heavy atom. The predicted molar refractivity (Wildman–Crippen MR) is 56.5 cm³/mol. The van der Waals surface area contributed by atoms with E-state index >= 15 is 0 Å². The Labute approximate surface area is 94.1 Å². The Hall–Kier alpha value is -0.534. The summed E-state index contributed by atoms with van der Waals surface area (Å²) in [7, 11) is 0. The fourth-order valence-electron chi connectivity index (χ4n) is 1.88. The van der Waals surface area contributed by atoms with E-state index in [2.05, 4.69) is 46.1 Å². The molecule has 2 aliphatic carbocycles. The molecule has 0 aliphatic heterocycles. The van der Waals surface area contributed by atoms with Crippen LogP contribution in [0.4, 0.5) is 0 Å². The van der Waals surface area contributed by atoms with Crippen LogP contribution in [0.25, 0.3) is 0 Å². The van der Waals surface area contributed by atoms with Crippen LogP contribution in [-0.2, 0) is 15.7 Å². The first-order chi connectivity index (χ1) is 6.88. The molecule has 0 aromatic carbocycles. The third-order valence-electron chi connectivity index (χ3n) is 2.69. The van der Waals surface area contributed by atoms with E-state index in [0.29, 0.717) is 0 Å². The fraction of sp³-hybridized carbons (Fsp3) is 0.385. The van der Waals surface area contributed by atoms with Crippen molar-refractivity contribution in [2.45, 2.75) is 32.1 Å². The van der Waals surface area contributed by atoms with Crippen LogP contribution in [0.2, 0.25) is 0 Å². The van der Waals surface area contributed by atoms with Crippen LogP contribution in [0, 0.1) is 0 Å². The zero-order valence-electron chi connectivity index (χ0n) is 8.26. The van der Waals surface area contributed by atoms with Crippen molar-refractivity contribution in [2.24, 2.45) is 0 Å². The average Bonchev–Trinajstić information content (AvgIpc) is 2.65. The van der Waals surface area contributed by atoms with Crippen LogP contribution in [0.3, 0.4) is 0 Å². The molecule has 14 heavy (non-hydrogen) atoms. The van der Waals surface area contributed by atoms with Crippen LogP contribution in [-0.4, -0.2) is 0 Å². The Balaban J connectivity index is 2.24. The van der Waals surface area contributed by atoms with Gasteiger partial charge in [-0.3, -0.25) is 0 Å². The summed E-state index contributed by atoms with van der Waals surface area (Å²) in [5.74, 6) is 0. The fourth-order valence-corrected chi connectivity index (χ4v) is 2.32. The molecule has 0 saturated heterocycles. The van der Waals surface area contributed by atoms with Gasteiger partial charge in [-0.05, 0) is 0 Å². The van der Waals surface area contributed by atoms with Gasteiger partial charge in [0.2, 0.25) is 0 Å². The summed E-state index contributed by atoms with van der Waals surface area (Å²) < 4.78 is 1.25. The second kappa shape index (κ2) is 4.81. The van der Waals surface area contributed by atoms with Gasteiger partial charge >= 0.3 is 93.9 Å². The van der Waals surface area contributed by atoms with Gasteiger partial charge in [-0.2, -0.15) is 0 Å². The van der Waals surface area contributed by atoms with E-state index in [0.717, 1.165) is 12.8 Å². The average molecular weight is 230 g/mol. The van der Waals surface area contributed by atoms with E-state index < -0.39 is 0 Å². The maximum atomic E-state index is 4.66. The van der Waals surface area contributed by atoms with Crippen LogP contribution in [0.1, 0.15) is 32.1 Å². The zero-order chi connectivity index (χ0) is 9.80. The predicted octanol–water partition coefficient (Wildman–Crippen LogP) is 3.80. The van der Waals surface area contributed by atoms with E-state index in [1.807, 2.05) is 0 Å². The van der Waals surface area contributed by atoms with Crippen molar-refractivity contribution in [3.63, 3.8) is 0 Å². The van der Waals surface area contributed by atoms with Crippen LogP contribution in [0.15, 0.2) is 46.0 Å². The van der Waals surface area contributed by atoms with Gasteiger partial charge in [0, 0.05) is 0 Å². The molecular weight excluding hydrogens is 215 g/mol. The standard InChI is InChI=1S/C13H15.Co/c1-2-4-8-12(9-5-3-1)13-10-6-7-11-13;/h4,6-8,10H,1-3,5,11H2;/b8-4-,12-9?;. The molecule has 0 heterocycles. The summed E-state index contributed by atoms with van der Waals surface area (Å²) in [4.78, 5) is 0. The molecule has 0 aromatic heterocycles. The molecule has 0 aromatic rings. The summed E-state index contributed by atoms with van der Waals surface area (Å²) in [6, 6.07) is 0. The van der Waals surface area contributed by atoms with E-state index in [1.165, 1.54) is 34.9 Å². The second-order valence-corrected chi connectivity index (χ2v) is 4.39. The molecule has 0 spiro atoms. The first kappa shape index (κ1) is 10.0. The Bertz CT molecular complexity index is 329. The number of rotatable bonds is 1. The van der Waals surface area contributed by atoms with Crippen molar-refractivity contribution in [2.75, 3.05) is 0 Å². The first-order valence-corrected chi connectivity index (χ1v) is 5.79. The van der Waals surface area contributed by atoms with Crippen LogP contribution < -0.4 is 0 Å². The number of allylic oxidation sites excluding steroid dienone is 8. The second-order valence-electron chi connectivity index (χ2n) is 3.76. The van der Waals surface area contributed by atoms with E-state index in [4.69, 9.17) is 0 Å². The summed E-state index contributed by atoms with van der Waals surface area (Å²) >= 11 is 4.66. The quantitative estimate of drug-likeness (QED) is 0.642. The monoisotopic (exact) mass is 230 g/mol. The van der Waals surface area contributed by atoms with Gasteiger partial charge in [0.15, 0.2) is 0 Å². The molecule has 0 amide bonds. The van der Waals surface area contributed by atoms with Crippen molar-refractivity contribution in [3.8, 4) is 0 Å².